The van der Waals surface area contributed by atoms with Crippen LogP contribution in [-0.4, -0.2) is 17.1 Å². The van der Waals surface area contributed by atoms with E-state index in [0.29, 0.717) is 18.7 Å². The Balaban J connectivity index is 1.41. The number of aromatic nitrogens is 1. The molecule has 1 aromatic heterocycles. The first-order chi connectivity index (χ1) is 15.7. The molecule has 32 heavy (non-hydrogen) atoms. The van der Waals surface area contributed by atoms with E-state index in [-0.39, 0.29) is 5.91 Å². The molecule has 0 saturated carbocycles. The number of nitrogens with zero attached hydrogens (tertiary/aromatic N) is 2. The summed E-state index contributed by atoms with van der Waals surface area (Å²) in [5, 5.41) is 0. The van der Waals surface area contributed by atoms with Gasteiger partial charge in [-0.2, -0.15) is 0 Å². The second-order valence-corrected chi connectivity index (χ2v) is 7.85. The molecule has 0 unspecified atom stereocenters. The third-order valence-corrected chi connectivity index (χ3v) is 5.80. The largest absolute Gasteiger partial charge is 0.490 e. The third-order valence-electron chi connectivity index (χ3n) is 5.80. The number of ether oxygens (including phenoxy) is 1. The third kappa shape index (κ3) is 3.83. The number of rotatable bonds is 5. The van der Waals surface area contributed by atoms with Gasteiger partial charge in [-0.15, -0.1) is 0 Å². The molecule has 3 aromatic carbocycles. The standard InChI is InChI=1S/C28H24N2O2/c1-2-18-32-26-15-13-22(14-16-26)21-9-11-23(12-10-21)28(31)30-20-25-7-5-17-29(25)19-24-6-3-4-8-27(24)30/h2-17H,1,18-20H2. The van der Waals surface area contributed by atoms with Crippen molar-refractivity contribution in [2.75, 3.05) is 11.5 Å². The van der Waals surface area contributed by atoms with E-state index in [1.165, 1.54) is 0 Å². The van der Waals surface area contributed by atoms with Crippen LogP contribution in [0.5, 0.6) is 5.75 Å². The molecule has 1 aliphatic rings. The first-order valence-electron chi connectivity index (χ1n) is 10.7. The zero-order chi connectivity index (χ0) is 21.9. The highest BCUT2D eigenvalue weighted by Gasteiger charge is 2.24. The smallest absolute Gasteiger partial charge is 0.258 e. The summed E-state index contributed by atoms with van der Waals surface area (Å²) < 4.78 is 7.76. The van der Waals surface area contributed by atoms with Gasteiger partial charge in [-0.3, -0.25) is 4.79 Å². The van der Waals surface area contributed by atoms with Gasteiger partial charge in [0, 0.05) is 29.7 Å². The first-order valence-corrected chi connectivity index (χ1v) is 10.7. The summed E-state index contributed by atoms with van der Waals surface area (Å²) in [4.78, 5) is 15.4. The fourth-order valence-electron chi connectivity index (χ4n) is 4.13. The average Bonchev–Trinajstić information content (AvgIpc) is 3.21. The zero-order valence-electron chi connectivity index (χ0n) is 17.8. The van der Waals surface area contributed by atoms with Crippen LogP contribution in [0.4, 0.5) is 5.69 Å². The van der Waals surface area contributed by atoms with Crippen LogP contribution in [0.2, 0.25) is 0 Å². The van der Waals surface area contributed by atoms with Crippen molar-refractivity contribution < 1.29 is 9.53 Å². The van der Waals surface area contributed by atoms with Gasteiger partial charge in [0.25, 0.3) is 5.91 Å². The van der Waals surface area contributed by atoms with Gasteiger partial charge < -0.3 is 14.2 Å². The summed E-state index contributed by atoms with van der Waals surface area (Å²) in [5.74, 6) is 0.817. The summed E-state index contributed by atoms with van der Waals surface area (Å²) in [6.45, 7) is 5.48. The second kappa shape index (κ2) is 8.60. The molecule has 0 aliphatic carbocycles. The molecule has 158 valence electrons. The lowest BCUT2D eigenvalue weighted by Gasteiger charge is -2.23. The lowest BCUT2D eigenvalue weighted by Crippen LogP contribution is -2.30. The summed E-state index contributed by atoms with van der Waals surface area (Å²) >= 11 is 0. The van der Waals surface area contributed by atoms with E-state index in [9.17, 15) is 4.79 Å². The summed E-state index contributed by atoms with van der Waals surface area (Å²) in [5.41, 5.74) is 6.06. The van der Waals surface area contributed by atoms with Crippen molar-refractivity contribution in [3.05, 3.63) is 121 Å². The van der Waals surface area contributed by atoms with Crippen LogP contribution in [0.25, 0.3) is 11.1 Å². The van der Waals surface area contributed by atoms with Gasteiger partial charge in [0.1, 0.15) is 12.4 Å². The molecule has 2 heterocycles. The van der Waals surface area contributed by atoms with Gasteiger partial charge in [-0.1, -0.05) is 55.1 Å². The van der Waals surface area contributed by atoms with Crippen molar-refractivity contribution in [3.63, 3.8) is 0 Å². The SMILES string of the molecule is C=CCOc1ccc(-c2ccc(C(=O)N3Cc4cccn4Cc4ccccc43)cc2)cc1. The molecule has 0 N–H and O–H groups in total. The summed E-state index contributed by atoms with van der Waals surface area (Å²) in [6.07, 6.45) is 3.80. The molecule has 0 bridgehead atoms. The monoisotopic (exact) mass is 420 g/mol. The Hall–Kier alpha value is -4.05. The Bertz CT molecular complexity index is 1250. The maximum atomic E-state index is 13.5. The van der Waals surface area contributed by atoms with E-state index in [4.69, 9.17) is 4.74 Å². The molecule has 0 saturated heterocycles. The highest BCUT2D eigenvalue weighted by atomic mass is 16.5. The fourth-order valence-corrected chi connectivity index (χ4v) is 4.13. The predicted molar refractivity (Wildman–Crippen MR) is 128 cm³/mol. The van der Waals surface area contributed by atoms with Crippen LogP contribution in [0.3, 0.4) is 0 Å². The van der Waals surface area contributed by atoms with Gasteiger partial charge in [-0.25, -0.2) is 0 Å². The van der Waals surface area contributed by atoms with Gasteiger partial charge in [0.05, 0.1) is 6.54 Å². The van der Waals surface area contributed by atoms with Crippen molar-refractivity contribution in [3.8, 4) is 16.9 Å². The molecular formula is C28H24N2O2. The number of hydrogen-bond acceptors (Lipinski definition) is 2. The van der Waals surface area contributed by atoms with Crippen LogP contribution in [0.15, 0.2) is 104 Å². The number of anilines is 1. The van der Waals surface area contributed by atoms with Crippen LogP contribution >= 0.6 is 0 Å². The number of benzene rings is 3. The molecule has 0 radical (unpaired) electrons. The van der Waals surface area contributed by atoms with Crippen LogP contribution in [0, 0.1) is 0 Å². The van der Waals surface area contributed by atoms with Crippen LogP contribution in [0.1, 0.15) is 21.6 Å². The number of hydrogen-bond donors (Lipinski definition) is 0. The van der Waals surface area contributed by atoms with E-state index in [0.717, 1.165) is 40.4 Å². The number of amides is 1. The Labute approximate surface area is 188 Å². The quantitative estimate of drug-likeness (QED) is 0.375. The average molecular weight is 421 g/mol. The fraction of sp³-hybridized carbons (Fsp3) is 0.107. The van der Waals surface area contributed by atoms with Crippen LogP contribution < -0.4 is 9.64 Å². The van der Waals surface area contributed by atoms with Crippen molar-refractivity contribution in [2.24, 2.45) is 0 Å². The van der Waals surface area contributed by atoms with Crippen LogP contribution in [-0.2, 0) is 13.1 Å². The van der Waals surface area contributed by atoms with E-state index < -0.39 is 0 Å². The number of fused-ring (bicyclic) bond motifs is 2. The molecule has 4 aromatic rings. The molecule has 4 heteroatoms. The van der Waals surface area contributed by atoms with Gasteiger partial charge in [0.2, 0.25) is 0 Å². The number of para-hydroxylation sites is 1. The van der Waals surface area contributed by atoms with E-state index >= 15 is 0 Å². The van der Waals surface area contributed by atoms with Gasteiger partial charge in [-0.05, 0) is 59.2 Å². The number of carbonyl (C=O) groups excluding carboxylic acids is 1. The lowest BCUT2D eigenvalue weighted by molar-refractivity contribution is 0.0985. The Morgan fingerprint density at radius 2 is 1.59 bits per heavy atom. The minimum absolute atomic E-state index is 0.00632. The van der Waals surface area contributed by atoms with E-state index in [1.54, 1.807) is 6.08 Å². The maximum Gasteiger partial charge on any atom is 0.258 e. The first kappa shape index (κ1) is 19.9. The number of carbonyl (C=O) groups is 1. The molecule has 4 nitrogen and oxygen atoms in total. The van der Waals surface area contributed by atoms with Crippen molar-refractivity contribution in [1.82, 2.24) is 4.57 Å². The minimum Gasteiger partial charge on any atom is -0.490 e. The van der Waals surface area contributed by atoms with E-state index in [2.05, 4.69) is 29.5 Å². The molecule has 5 rings (SSSR count). The van der Waals surface area contributed by atoms with Gasteiger partial charge in [0.15, 0.2) is 0 Å². The molecule has 0 spiro atoms. The van der Waals surface area contributed by atoms with E-state index in [1.807, 2.05) is 77.7 Å². The molecular weight excluding hydrogens is 396 g/mol. The van der Waals surface area contributed by atoms with Crippen molar-refractivity contribution in [2.45, 2.75) is 13.1 Å². The normalized spacial score (nSPS) is 12.4. The Morgan fingerprint density at radius 1 is 0.875 bits per heavy atom. The molecule has 1 amide bonds. The Morgan fingerprint density at radius 3 is 2.34 bits per heavy atom. The molecule has 0 fully saturated rings. The predicted octanol–water partition coefficient (Wildman–Crippen LogP) is 5.93. The topological polar surface area (TPSA) is 34.5 Å². The van der Waals surface area contributed by atoms with Gasteiger partial charge >= 0.3 is 0 Å². The zero-order valence-corrected chi connectivity index (χ0v) is 17.8. The summed E-state index contributed by atoms with van der Waals surface area (Å²) in [7, 11) is 0. The van der Waals surface area contributed by atoms with Crippen molar-refractivity contribution in [1.29, 1.82) is 0 Å². The highest BCUT2D eigenvalue weighted by Crippen LogP contribution is 2.30. The Kier molecular flexibility index (Phi) is 5.34. The highest BCUT2D eigenvalue weighted by molar-refractivity contribution is 6.06. The molecule has 1 aliphatic heterocycles. The molecule has 0 atom stereocenters. The summed E-state index contributed by atoms with van der Waals surface area (Å²) in [6, 6.07) is 28.0. The lowest BCUT2D eigenvalue weighted by atomic mass is 10.0. The maximum absolute atomic E-state index is 13.5. The second-order valence-electron chi connectivity index (χ2n) is 7.85. The van der Waals surface area contributed by atoms with Crippen molar-refractivity contribution >= 4 is 11.6 Å². The minimum atomic E-state index is 0.00632.